The van der Waals surface area contributed by atoms with Crippen LogP contribution >= 0.6 is 0 Å². The van der Waals surface area contributed by atoms with Gasteiger partial charge in [0, 0.05) is 44.2 Å². The van der Waals surface area contributed by atoms with Gasteiger partial charge in [0.15, 0.2) is 17.5 Å². The summed E-state index contributed by atoms with van der Waals surface area (Å²) in [6.07, 6.45) is 0. The first-order valence-corrected chi connectivity index (χ1v) is 21.0. The van der Waals surface area contributed by atoms with Crippen LogP contribution in [0.1, 0.15) is 0 Å². The van der Waals surface area contributed by atoms with E-state index in [9.17, 15) is 0 Å². The van der Waals surface area contributed by atoms with Gasteiger partial charge in [0.05, 0.1) is 11.1 Å². The van der Waals surface area contributed by atoms with Crippen LogP contribution in [0.25, 0.3) is 100 Å². The van der Waals surface area contributed by atoms with Crippen molar-refractivity contribution in [3.63, 3.8) is 0 Å². The van der Waals surface area contributed by atoms with Crippen LogP contribution in [-0.4, -0.2) is 15.0 Å². The minimum atomic E-state index is 0.591. The Hall–Kier alpha value is -8.61. The lowest BCUT2D eigenvalue weighted by molar-refractivity contribution is 0.668. The summed E-state index contributed by atoms with van der Waals surface area (Å²) in [6.45, 7) is 0. The SMILES string of the molecule is c1ccc(-c2cccc(N(c3ccc(-c4ccc5c(c4)oc4cccc(-c6nc(-c7ccccc7)nc(-c7ccccc7)n6)c45)cc3)c3cccc4oc5ccccc5c34)c2)cc1. The van der Waals surface area contributed by atoms with Crippen molar-refractivity contribution >= 4 is 60.9 Å². The lowest BCUT2D eigenvalue weighted by atomic mass is 10.0. The van der Waals surface area contributed by atoms with E-state index >= 15 is 0 Å². The zero-order valence-electron chi connectivity index (χ0n) is 33.9. The summed E-state index contributed by atoms with van der Waals surface area (Å²) < 4.78 is 13.0. The molecule has 0 saturated heterocycles. The van der Waals surface area contributed by atoms with E-state index < -0.39 is 0 Å². The number of furan rings is 2. The summed E-state index contributed by atoms with van der Waals surface area (Å²) in [5, 5.41) is 4.11. The summed E-state index contributed by atoms with van der Waals surface area (Å²) in [6, 6.07) is 75.2. The fourth-order valence-corrected chi connectivity index (χ4v) is 8.75. The molecule has 0 aliphatic carbocycles. The largest absolute Gasteiger partial charge is 0.456 e. The van der Waals surface area contributed by atoms with Crippen LogP contribution < -0.4 is 4.90 Å². The Morgan fingerprint density at radius 1 is 0.302 bits per heavy atom. The van der Waals surface area contributed by atoms with Crippen molar-refractivity contribution in [2.24, 2.45) is 0 Å². The Morgan fingerprint density at radius 3 is 1.54 bits per heavy atom. The molecule has 3 heterocycles. The predicted octanol–water partition coefficient (Wildman–Crippen LogP) is 15.5. The number of hydrogen-bond acceptors (Lipinski definition) is 6. The Labute approximate surface area is 363 Å². The molecule has 3 aromatic heterocycles. The van der Waals surface area contributed by atoms with Crippen molar-refractivity contribution in [2.45, 2.75) is 0 Å². The molecule has 0 spiro atoms. The van der Waals surface area contributed by atoms with Crippen molar-refractivity contribution in [3.05, 3.63) is 218 Å². The van der Waals surface area contributed by atoms with E-state index in [1.807, 2.05) is 91.0 Å². The zero-order chi connectivity index (χ0) is 41.7. The number of anilines is 3. The van der Waals surface area contributed by atoms with Crippen LogP contribution in [0.2, 0.25) is 0 Å². The van der Waals surface area contributed by atoms with Gasteiger partial charge in [0.25, 0.3) is 0 Å². The highest BCUT2D eigenvalue weighted by atomic mass is 16.3. The minimum Gasteiger partial charge on any atom is -0.456 e. The van der Waals surface area contributed by atoms with Crippen LogP contribution in [0.4, 0.5) is 17.1 Å². The highest BCUT2D eigenvalue weighted by molar-refractivity contribution is 6.14. The van der Waals surface area contributed by atoms with Crippen LogP contribution in [0, 0.1) is 0 Å². The molecule has 0 unspecified atom stereocenters. The number of fused-ring (bicyclic) bond motifs is 6. The van der Waals surface area contributed by atoms with Crippen molar-refractivity contribution in [1.29, 1.82) is 0 Å². The quantitative estimate of drug-likeness (QED) is 0.152. The second-order valence-electron chi connectivity index (χ2n) is 15.6. The Morgan fingerprint density at radius 2 is 0.810 bits per heavy atom. The van der Waals surface area contributed by atoms with E-state index in [0.717, 1.165) is 99.9 Å². The average molecular weight is 809 g/mol. The molecule has 0 radical (unpaired) electrons. The topological polar surface area (TPSA) is 68.2 Å². The van der Waals surface area contributed by atoms with Gasteiger partial charge in [-0.05, 0) is 82.9 Å². The number of hydrogen-bond donors (Lipinski definition) is 0. The molecule has 0 N–H and O–H groups in total. The molecule has 63 heavy (non-hydrogen) atoms. The zero-order valence-corrected chi connectivity index (χ0v) is 33.9. The normalized spacial score (nSPS) is 11.5. The molecule has 296 valence electrons. The molecule has 12 rings (SSSR count). The number of nitrogens with zero attached hydrogens (tertiary/aromatic N) is 4. The number of benzene rings is 9. The van der Waals surface area contributed by atoms with Crippen molar-refractivity contribution in [1.82, 2.24) is 15.0 Å². The fourth-order valence-electron chi connectivity index (χ4n) is 8.75. The van der Waals surface area contributed by atoms with Crippen LogP contribution in [0.3, 0.4) is 0 Å². The molecule has 12 aromatic rings. The lowest BCUT2D eigenvalue weighted by Crippen LogP contribution is -2.10. The van der Waals surface area contributed by atoms with Crippen LogP contribution in [-0.2, 0) is 0 Å². The molecule has 0 saturated carbocycles. The lowest BCUT2D eigenvalue weighted by Gasteiger charge is -2.27. The first-order chi connectivity index (χ1) is 31.2. The molecule has 0 atom stereocenters. The van der Waals surface area contributed by atoms with E-state index in [0.29, 0.717) is 17.5 Å². The first-order valence-electron chi connectivity index (χ1n) is 21.0. The van der Waals surface area contributed by atoms with E-state index in [2.05, 4.69) is 132 Å². The van der Waals surface area contributed by atoms with E-state index in [1.165, 1.54) is 0 Å². The minimum absolute atomic E-state index is 0.591. The smallest absolute Gasteiger partial charge is 0.164 e. The summed E-state index contributed by atoms with van der Waals surface area (Å²) in [4.78, 5) is 17.3. The summed E-state index contributed by atoms with van der Waals surface area (Å²) in [5.41, 5.74) is 13.6. The van der Waals surface area contributed by atoms with Gasteiger partial charge in [-0.25, -0.2) is 15.0 Å². The number of rotatable bonds is 8. The molecule has 9 aromatic carbocycles. The highest BCUT2D eigenvalue weighted by Crippen LogP contribution is 2.44. The Balaban J connectivity index is 0.954. The number of para-hydroxylation sites is 1. The summed E-state index contributed by atoms with van der Waals surface area (Å²) >= 11 is 0. The molecule has 6 heteroatoms. The maximum Gasteiger partial charge on any atom is 0.164 e. The molecule has 0 amide bonds. The standard InChI is InChI=1S/C57H36N4O2/c1-4-15-37(16-5-1)41-21-12-22-44(35-41)61(48-25-14-28-51-54(48)45-23-10-11-26-49(45)62-51)43-32-29-38(30-33-43)42-31-34-46-52(36-42)63-50-27-13-24-47(53(46)50)57-59-55(39-17-6-2-7-18-39)58-56(60-57)40-19-8-3-9-20-40/h1-36H. The van der Waals surface area contributed by atoms with E-state index in [1.54, 1.807) is 0 Å². The second kappa shape index (κ2) is 15.1. The molecular weight excluding hydrogens is 773 g/mol. The third-order valence-electron chi connectivity index (χ3n) is 11.7. The monoisotopic (exact) mass is 808 g/mol. The van der Waals surface area contributed by atoms with Gasteiger partial charge in [-0.3, -0.25) is 0 Å². The van der Waals surface area contributed by atoms with Gasteiger partial charge in [-0.1, -0.05) is 158 Å². The van der Waals surface area contributed by atoms with Gasteiger partial charge in [-0.15, -0.1) is 0 Å². The molecule has 6 nitrogen and oxygen atoms in total. The molecule has 0 aliphatic rings. The molecular formula is C57H36N4O2. The number of aromatic nitrogens is 3. The predicted molar refractivity (Wildman–Crippen MR) is 256 cm³/mol. The fraction of sp³-hybridized carbons (Fsp3) is 0. The van der Waals surface area contributed by atoms with Gasteiger partial charge in [-0.2, -0.15) is 0 Å². The highest BCUT2D eigenvalue weighted by Gasteiger charge is 2.21. The Kier molecular flexibility index (Phi) is 8.71. The van der Waals surface area contributed by atoms with Gasteiger partial charge in [0.1, 0.15) is 22.3 Å². The average Bonchev–Trinajstić information content (AvgIpc) is 3.94. The van der Waals surface area contributed by atoms with Crippen molar-refractivity contribution < 1.29 is 8.83 Å². The van der Waals surface area contributed by atoms with Crippen LogP contribution in [0.5, 0.6) is 0 Å². The Bertz CT molecular complexity index is 3560. The second-order valence-corrected chi connectivity index (χ2v) is 15.6. The van der Waals surface area contributed by atoms with Gasteiger partial charge >= 0.3 is 0 Å². The maximum atomic E-state index is 6.61. The van der Waals surface area contributed by atoms with Gasteiger partial charge < -0.3 is 13.7 Å². The summed E-state index contributed by atoms with van der Waals surface area (Å²) in [5.74, 6) is 1.83. The maximum absolute atomic E-state index is 6.61. The first kappa shape index (κ1) is 36.3. The molecule has 0 aliphatic heterocycles. The third kappa shape index (κ3) is 6.49. The van der Waals surface area contributed by atoms with Crippen molar-refractivity contribution in [2.75, 3.05) is 4.90 Å². The third-order valence-corrected chi connectivity index (χ3v) is 11.7. The summed E-state index contributed by atoms with van der Waals surface area (Å²) in [7, 11) is 0. The van der Waals surface area contributed by atoms with E-state index in [-0.39, 0.29) is 0 Å². The van der Waals surface area contributed by atoms with Crippen LogP contribution in [0.15, 0.2) is 227 Å². The molecule has 0 bridgehead atoms. The van der Waals surface area contributed by atoms with Crippen molar-refractivity contribution in [3.8, 4) is 56.4 Å². The van der Waals surface area contributed by atoms with E-state index in [4.69, 9.17) is 23.8 Å². The molecule has 0 fully saturated rings. The van der Waals surface area contributed by atoms with Gasteiger partial charge in [0.2, 0.25) is 0 Å².